The minimum absolute atomic E-state index is 0.122. The molecule has 0 aliphatic rings. The summed E-state index contributed by atoms with van der Waals surface area (Å²) in [5.41, 5.74) is 1.54. The molecule has 1 heterocycles. The van der Waals surface area contributed by atoms with Crippen molar-refractivity contribution in [3.63, 3.8) is 0 Å². The second-order valence-electron chi connectivity index (χ2n) is 2.93. The lowest BCUT2D eigenvalue weighted by molar-refractivity contribution is 0.872. The van der Waals surface area contributed by atoms with E-state index < -0.39 is 0 Å². The lowest BCUT2D eigenvalue weighted by atomic mass is 10.1. The summed E-state index contributed by atoms with van der Waals surface area (Å²) < 4.78 is 0. The van der Waals surface area contributed by atoms with Crippen LogP contribution in [0, 0.1) is 6.92 Å². The van der Waals surface area contributed by atoms with E-state index in [1.54, 1.807) is 0 Å². The Morgan fingerprint density at radius 1 is 1.57 bits per heavy atom. The molecule has 1 aromatic rings. The third-order valence-corrected chi connectivity index (χ3v) is 2.54. The van der Waals surface area contributed by atoms with Crippen molar-refractivity contribution >= 4 is 11.8 Å². The van der Waals surface area contributed by atoms with Crippen LogP contribution in [0.5, 0.6) is 0 Å². The zero-order valence-corrected chi connectivity index (χ0v) is 9.44. The summed E-state index contributed by atoms with van der Waals surface area (Å²) in [5, 5.41) is 0.678. The molecule has 0 bridgehead atoms. The number of nitrogens with one attached hydrogen (secondary N) is 1. The average Bonchev–Trinajstić information content (AvgIpc) is 2.16. The first-order valence-corrected chi connectivity index (χ1v) is 5.66. The molecule has 1 N–H and O–H groups in total. The van der Waals surface area contributed by atoms with Crippen molar-refractivity contribution in [1.82, 2.24) is 9.97 Å². The molecule has 4 heteroatoms. The number of thioether (sulfide) groups is 1. The van der Waals surface area contributed by atoms with Crippen LogP contribution in [0.15, 0.2) is 22.1 Å². The van der Waals surface area contributed by atoms with Crippen molar-refractivity contribution in [2.75, 3.05) is 6.26 Å². The molecule has 0 aliphatic heterocycles. The number of allylic oxidation sites excluding steroid dienone is 2. The summed E-state index contributed by atoms with van der Waals surface area (Å²) in [4.78, 5) is 18.6. The van der Waals surface area contributed by atoms with Gasteiger partial charge in [-0.2, -0.15) is 4.98 Å². The minimum Gasteiger partial charge on any atom is -0.338 e. The van der Waals surface area contributed by atoms with Crippen LogP contribution in [0.25, 0.3) is 0 Å². The van der Waals surface area contributed by atoms with Gasteiger partial charge in [0.25, 0.3) is 5.56 Å². The summed E-state index contributed by atoms with van der Waals surface area (Å²) in [6, 6.07) is 0. The quantitative estimate of drug-likeness (QED) is 0.471. The molecule has 0 aliphatic carbocycles. The van der Waals surface area contributed by atoms with Gasteiger partial charge in [0.2, 0.25) is 0 Å². The number of nitrogens with zero attached hydrogens (tertiary/aromatic N) is 1. The van der Waals surface area contributed by atoms with Gasteiger partial charge >= 0.3 is 0 Å². The highest BCUT2D eigenvalue weighted by molar-refractivity contribution is 7.98. The third-order valence-electron chi connectivity index (χ3n) is 1.96. The molecule has 3 nitrogen and oxygen atoms in total. The van der Waals surface area contributed by atoms with Gasteiger partial charge in [-0.25, -0.2) is 0 Å². The first-order chi connectivity index (χ1) is 6.69. The van der Waals surface area contributed by atoms with E-state index in [0.717, 1.165) is 11.3 Å². The molecular formula is C10H14N2OS. The number of hydrogen-bond donors (Lipinski definition) is 1. The summed E-state index contributed by atoms with van der Waals surface area (Å²) in [7, 11) is 0. The molecule has 0 saturated heterocycles. The van der Waals surface area contributed by atoms with Gasteiger partial charge in [0.1, 0.15) is 0 Å². The van der Waals surface area contributed by atoms with Crippen LogP contribution in [0.3, 0.4) is 0 Å². The Balaban J connectivity index is 3.12. The lowest BCUT2D eigenvalue weighted by Gasteiger charge is -2.03. The predicted molar refractivity (Wildman–Crippen MR) is 59.9 cm³/mol. The molecule has 1 aromatic heterocycles. The van der Waals surface area contributed by atoms with E-state index in [1.807, 2.05) is 32.3 Å². The van der Waals surface area contributed by atoms with Gasteiger partial charge in [-0.05, 0) is 26.5 Å². The van der Waals surface area contributed by atoms with Gasteiger partial charge < -0.3 is 4.98 Å². The zero-order chi connectivity index (χ0) is 10.6. The van der Waals surface area contributed by atoms with Gasteiger partial charge in [-0.1, -0.05) is 23.9 Å². The van der Waals surface area contributed by atoms with Crippen molar-refractivity contribution in [2.24, 2.45) is 0 Å². The Bertz CT molecular complexity index is 396. The number of aromatic amines is 1. The number of aromatic nitrogens is 2. The van der Waals surface area contributed by atoms with Crippen LogP contribution in [0.1, 0.15) is 18.2 Å². The monoisotopic (exact) mass is 210 g/mol. The highest BCUT2D eigenvalue weighted by Gasteiger charge is 2.05. The molecule has 0 spiro atoms. The van der Waals surface area contributed by atoms with Crippen molar-refractivity contribution in [3.05, 3.63) is 33.8 Å². The fourth-order valence-electron chi connectivity index (χ4n) is 1.16. The van der Waals surface area contributed by atoms with Gasteiger partial charge in [-0.3, -0.25) is 4.79 Å². The maximum absolute atomic E-state index is 11.5. The van der Waals surface area contributed by atoms with Crippen molar-refractivity contribution in [2.45, 2.75) is 25.4 Å². The second kappa shape index (κ2) is 5.00. The van der Waals surface area contributed by atoms with Gasteiger partial charge in [0.05, 0.1) is 0 Å². The Kier molecular flexibility index (Phi) is 3.95. The number of rotatable bonds is 3. The van der Waals surface area contributed by atoms with E-state index in [0.29, 0.717) is 11.6 Å². The smallest absolute Gasteiger partial charge is 0.277 e. The topological polar surface area (TPSA) is 45.8 Å². The van der Waals surface area contributed by atoms with E-state index in [2.05, 4.69) is 9.97 Å². The van der Waals surface area contributed by atoms with Crippen LogP contribution in [0.4, 0.5) is 0 Å². The maximum Gasteiger partial charge on any atom is 0.277 e. The Morgan fingerprint density at radius 2 is 2.29 bits per heavy atom. The fraction of sp³-hybridized carbons (Fsp3) is 0.400. The number of hydrogen-bond acceptors (Lipinski definition) is 3. The van der Waals surface area contributed by atoms with Crippen LogP contribution < -0.4 is 5.56 Å². The van der Waals surface area contributed by atoms with E-state index in [4.69, 9.17) is 0 Å². The van der Waals surface area contributed by atoms with Gasteiger partial charge in [0.15, 0.2) is 5.16 Å². The average molecular weight is 210 g/mol. The molecule has 1 rings (SSSR count). The molecule has 0 radical (unpaired) electrons. The predicted octanol–water partition coefficient (Wildman–Crippen LogP) is 1.92. The molecule has 0 aromatic carbocycles. The molecule has 0 amide bonds. The molecule has 0 unspecified atom stereocenters. The van der Waals surface area contributed by atoms with Gasteiger partial charge in [0, 0.05) is 11.3 Å². The summed E-state index contributed by atoms with van der Waals surface area (Å²) >= 11 is 1.44. The van der Waals surface area contributed by atoms with Crippen LogP contribution in [0.2, 0.25) is 0 Å². The highest BCUT2D eigenvalue weighted by atomic mass is 32.2. The Labute approximate surface area is 87.7 Å². The molecule has 0 fully saturated rings. The zero-order valence-electron chi connectivity index (χ0n) is 8.63. The number of aryl methyl sites for hydroxylation is 1. The first-order valence-electron chi connectivity index (χ1n) is 4.44. The number of H-pyrrole nitrogens is 1. The van der Waals surface area contributed by atoms with Gasteiger partial charge in [-0.15, -0.1) is 0 Å². The second-order valence-corrected chi connectivity index (χ2v) is 3.72. The molecule has 0 atom stereocenters. The molecular weight excluding hydrogens is 196 g/mol. The molecule has 76 valence electrons. The standard InChI is InChI=1S/C10H14N2OS/c1-4-5-6-8-7(2)11-10(14-3)12-9(8)13/h4-5H,6H2,1-3H3,(H,11,12,13)/b5-4+. The SMILES string of the molecule is C/C=C/Cc1c(C)[nH]c(SC)nc1=O. The summed E-state index contributed by atoms with van der Waals surface area (Å²) in [6.07, 6.45) is 6.43. The Hall–Kier alpha value is -1.03. The van der Waals surface area contributed by atoms with Crippen LogP contribution in [-0.4, -0.2) is 16.2 Å². The molecule has 0 saturated carbocycles. The largest absolute Gasteiger partial charge is 0.338 e. The first kappa shape index (κ1) is 11.0. The normalized spacial score (nSPS) is 11.1. The minimum atomic E-state index is -0.122. The van der Waals surface area contributed by atoms with Crippen LogP contribution in [-0.2, 0) is 6.42 Å². The Morgan fingerprint density at radius 3 is 2.79 bits per heavy atom. The van der Waals surface area contributed by atoms with Crippen molar-refractivity contribution < 1.29 is 0 Å². The maximum atomic E-state index is 11.5. The summed E-state index contributed by atoms with van der Waals surface area (Å²) in [6.45, 7) is 3.84. The highest BCUT2D eigenvalue weighted by Crippen LogP contribution is 2.08. The van der Waals surface area contributed by atoms with E-state index in [1.165, 1.54) is 11.8 Å². The van der Waals surface area contributed by atoms with Crippen molar-refractivity contribution in [3.8, 4) is 0 Å². The third kappa shape index (κ3) is 2.48. The summed E-state index contributed by atoms with van der Waals surface area (Å²) in [5.74, 6) is 0. The van der Waals surface area contributed by atoms with E-state index in [9.17, 15) is 4.79 Å². The van der Waals surface area contributed by atoms with Crippen LogP contribution >= 0.6 is 11.8 Å². The van der Waals surface area contributed by atoms with E-state index in [-0.39, 0.29) is 5.56 Å². The van der Waals surface area contributed by atoms with E-state index >= 15 is 0 Å². The fourth-order valence-corrected chi connectivity index (χ4v) is 1.59. The molecule has 14 heavy (non-hydrogen) atoms. The van der Waals surface area contributed by atoms with Crippen molar-refractivity contribution in [1.29, 1.82) is 0 Å². The lowest BCUT2D eigenvalue weighted by Crippen LogP contribution is -2.16.